The van der Waals surface area contributed by atoms with E-state index in [-0.39, 0.29) is 23.0 Å². The minimum atomic E-state index is -4.54. The summed E-state index contributed by atoms with van der Waals surface area (Å²) in [6.45, 7) is 8.72. The number of rotatable bonds is 8. The smallest absolute Gasteiger partial charge is 0.422 e. The first kappa shape index (κ1) is 33.2. The van der Waals surface area contributed by atoms with Gasteiger partial charge < -0.3 is 19.4 Å². The summed E-state index contributed by atoms with van der Waals surface area (Å²) < 4.78 is 48.4. The Morgan fingerprint density at radius 3 is 2.36 bits per heavy atom. The van der Waals surface area contributed by atoms with Crippen LogP contribution in [0.5, 0.6) is 5.75 Å². The Morgan fingerprint density at radius 2 is 1.70 bits per heavy atom. The molecule has 5 saturated heterocycles. The molecular formula is C40H45F3N8O2. The van der Waals surface area contributed by atoms with Crippen molar-refractivity contribution in [2.75, 3.05) is 55.7 Å². The molecule has 13 heteroatoms. The molecule has 0 radical (unpaired) electrons. The number of aryl methyl sites for hydroxylation is 1. The van der Waals surface area contributed by atoms with E-state index in [4.69, 9.17) is 14.7 Å². The zero-order valence-corrected chi connectivity index (χ0v) is 30.1. The first-order valence-electron chi connectivity index (χ1n) is 19.3. The highest BCUT2D eigenvalue weighted by Crippen LogP contribution is 2.54. The Labute approximate surface area is 306 Å². The molecule has 1 spiro atoms. The number of fused-ring (bicyclic) bond motifs is 4. The standard InChI is InChI=1S/C40H45F3N8O2/c1-3-32(52)50-20-39(21-50)12-14-48(15-13-39)37-29-16-28(24-5-6-24)34(33-23(2)4-11-31-30(33)17-44-47-31)36(53-22-40(41,42)43)35(29)45-38(46-37)49-18-27(19-49)51-25-7-8-26(51)10-9-25/h3-4,11,16-17,24-27H,1,5-10,12-15,18-22H2,2H3,(H,44,47). The number of likely N-dealkylation sites (tertiary alicyclic amines) is 1. The fourth-order valence-corrected chi connectivity index (χ4v) is 10.3. The van der Waals surface area contributed by atoms with Crippen LogP contribution in [-0.2, 0) is 4.79 Å². The van der Waals surface area contributed by atoms with Crippen molar-refractivity contribution in [2.24, 2.45) is 5.41 Å². The van der Waals surface area contributed by atoms with Crippen molar-refractivity contribution in [1.29, 1.82) is 0 Å². The summed E-state index contributed by atoms with van der Waals surface area (Å²) in [4.78, 5) is 31.8. The van der Waals surface area contributed by atoms with Gasteiger partial charge in [0.1, 0.15) is 11.3 Å². The van der Waals surface area contributed by atoms with E-state index in [0.29, 0.717) is 35.2 Å². The van der Waals surface area contributed by atoms with E-state index in [2.05, 4.69) is 37.5 Å². The second-order valence-corrected chi connectivity index (χ2v) is 16.5. The van der Waals surface area contributed by atoms with Gasteiger partial charge in [-0.2, -0.15) is 23.3 Å². The van der Waals surface area contributed by atoms with Crippen LogP contribution in [0.3, 0.4) is 0 Å². The average molecular weight is 727 g/mol. The van der Waals surface area contributed by atoms with Gasteiger partial charge >= 0.3 is 6.18 Å². The van der Waals surface area contributed by atoms with Crippen LogP contribution in [0.4, 0.5) is 24.9 Å². The van der Waals surface area contributed by atoms with Gasteiger partial charge in [-0.1, -0.05) is 12.6 Å². The molecule has 10 rings (SSSR count). The van der Waals surface area contributed by atoms with Crippen molar-refractivity contribution in [2.45, 2.75) is 88.5 Å². The number of nitrogens with zero attached hydrogens (tertiary/aromatic N) is 7. The Bertz CT molecular complexity index is 2100. The van der Waals surface area contributed by atoms with Crippen LogP contribution in [0.15, 0.2) is 37.1 Å². The fraction of sp³-hybridized carbons (Fsp3) is 0.550. The molecule has 6 fully saturated rings. The molecule has 1 saturated carbocycles. The summed E-state index contributed by atoms with van der Waals surface area (Å²) in [5.74, 6) is 1.63. The van der Waals surface area contributed by atoms with E-state index in [9.17, 15) is 18.0 Å². The van der Waals surface area contributed by atoms with Gasteiger partial charge in [0.25, 0.3) is 0 Å². The second kappa shape index (κ2) is 12.1. The summed E-state index contributed by atoms with van der Waals surface area (Å²) in [5, 5.41) is 8.94. The molecule has 6 aliphatic rings. The van der Waals surface area contributed by atoms with E-state index in [0.717, 1.165) is 104 Å². The van der Waals surface area contributed by atoms with Crippen LogP contribution in [-0.4, -0.2) is 106 Å². The predicted molar refractivity (Wildman–Crippen MR) is 197 cm³/mol. The Hall–Kier alpha value is -4.39. The molecule has 4 aromatic rings. The number of nitrogens with one attached hydrogen (secondary N) is 1. The third-order valence-electron chi connectivity index (χ3n) is 13.2. The summed E-state index contributed by atoms with van der Waals surface area (Å²) in [7, 11) is 0. The number of hydrogen-bond donors (Lipinski definition) is 1. The van der Waals surface area contributed by atoms with Crippen LogP contribution in [0.1, 0.15) is 68.4 Å². The molecule has 2 bridgehead atoms. The molecule has 2 aromatic carbocycles. The van der Waals surface area contributed by atoms with Gasteiger partial charge in [-0.3, -0.25) is 14.8 Å². The number of alkyl halides is 3. The summed E-state index contributed by atoms with van der Waals surface area (Å²) >= 11 is 0. The minimum absolute atomic E-state index is 0.0320. The highest BCUT2D eigenvalue weighted by atomic mass is 19.4. The van der Waals surface area contributed by atoms with E-state index in [1.807, 2.05) is 24.0 Å². The zero-order valence-electron chi connectivity index (χ0n) is 30.1. The number of ether oxygens (including phenoxy) is 1. The minimum Gasteiger partial charge on any atom is -0.481 e. The molecule has 53 heavy (non-hydrogen) atoms. The molecule has 278 valence electrons. The predicted octanol–water partition coefficient (Wildman–Crippen LogP) is 6.73. The van der Waals surface area contributed by atoms with E-state index in [1.165, 1.54) is 31.8 Å². The summed E-state index contributed by atoms with van der Waals surface area (Å²) in [6, 6.07) is 7.84. The molecule has 1 N–H and O–H groups in total. The van der Waals surface area contributed by atoms with Crippen LogP contribution >= 0.6 is 0 Å². The maximum absolute atomic E-state index is 14.1. The zero-order chi connectivity index (χ0) is 36.2. The number of halogens is 3. The first-order valence-corrected chi connectivity index (χ1v) is 19.3. The molecule has 2 aromatic heterocycles. The van der Waals surface area contributed by atoms with Gasteiger partial charge in [0.2, 0.25) is 11.9 Å². The van der Waals surface area contributed by atoms with Crippen molar-refractivity contribution in [3.05, 3.63) is 48.2 Å². The number of piperidine rings is 1. The summed E-state index contributed by atoms with van der Waals surface area (Å²) in [6.07, 6.45) is 7.34. The number of hydrogen-bond acceptors (Lipinski definition) is 8. The molecule has 5 aliphatic heterocycles. The second-order valence-electron chi connectivity index (χ2n) is 16.5. The molecule has 0 atom stereocenters. The quantitative estimate of drug-likeness (QED) is 0.200. The lowest BCUT2D eigenvalue weighted by atomic mass is 9.72. The normalized spacial score (nSPS) is 24.3. The number of aromatic amines is 1. The highest BCUT2D eigenvalue weighted by molar-refractivity contribution is 6.06. The van der Waals surface area contributed by atoms with Crippen molar-refractivity contribution in [3.8, 4) is 16.9 Å². The molecule has 7 heterocycles. The molecule has 1 aliphatic carbocycles. The van der Waals surface area contributed by atoms with Crippen LogP contribution in [0.25, 0.3) is 32.9 Å². The first-order chi connectivity index (χ1) is 25.6. The topological polar surface area (TPSA) is 93.7 Å². The van der Waals surface area contributed by atoms with Crippen LogP contribution in [0, 0.1) is 12.3 Å². The largest absolute Gasteiger partial charge is 0.481 e. The lowest BCUT2D eigenvalue weighted by Crippen LogP contribution is -2.62. The van der Waals surface area contributed by atoms with Crippen LogP contribution < -0.4 is 14.5 Å². The number of benzene rings is 2. The van der Waals surface area contributed by atoms with Gasteiger partial charge in [-0.25, -0.2) is 4.98 Å². The molecule has 10 nitrogen and oxygen atoms in total. The van der Waals surface area contributed by atoms with Gasteiger partial charge in [0, 0.05) is 79.1 Å². The van der Waals surface area contributed by atoms with Crippen molar-refractivity contribution in [3.63, 3.8) is 0 Å². The Balaban J connectivity index is 1.11. The highest BCUT2D eigenvalue weighted by Gasteiger charge is 2.49. The average Bonchev–Trinajstić information content (AvgIpc) is 3.54. The molecular weight excluding hydrogens is 681 g/mol. The van der Waals surface area contributed by atoms with E-state index in [1.54, 1.807) is 6.20 Å². The van der Waals surface area contributed by atoms with Crippen LogP contribution in [0.2, 0.25) is 0 Å². The number of anilines is 2. The van der Waals surface area contributed by atoms with Gasteiger partial charge in [0.05, 0.1) is 11.7 Å². The fourth-order valence-electron chi connectivity index (χ4n) is 10.3. The van der Waals surface area contributed by atoms with E-state index >= 15 is 0 Å². The van der Waals surface area contributed by atoms with Crippen molar-refractivity contribution in [1.82, 2.24) is 30.0 Å². The van der Waals surface area contributed by atoms with E-state index < -0.39 is 12.8 Å². The third-order valence-corrected chi connectivity index (χ3v) is 13.2. The summed E-state index contributed by atoms with van der Waals surface area (Å²) in [5.41, 5.74) is 4.72. The monoisotopic (exact) mass is 726 g/mol. The molecule has 0 unspecified atom stereocenters. The lowest BCUT2D eigenvalue weighted by molar-refractivity contribution is -0.153. The maximum Gasteiger partial charge on any atom is 0.422 e. The van der Waals surface area contributed by atoms with Gasteiger partial charge in [-0.15, -0.1) is 0 Å². The SMILES string of the molecule is C=CC(=O)N1CC2(CCN(c3nc(N4CC(N5C6CCC5CC6)C4)nc4c(OCC(F)(F)F)c(-c5c(C)ccc6[nH]ncc56)c(C5CC5)cc34)CC2)C1. The third kappa shape index (κ3) is 5.55. The lowest BCUT2D eigenvalue weighted by Gasteiger charge is -2.54. The number of aromatic nitrogens is 4. The van der Waals surface area contributed by atoms with Gasteiger partial charge in [0.15, 0.2) is 12.4 Å². The van der Waals surface area contributed by atoms with Crippen molar-refractivity contribution >= 4 is 39.5 Å². The molecule has 1 amide bonds. The Morgan fingerprint density at radius 1 is 0.981 bits per heavy atom. The maximum atomic E-state index is 14.1. The van der Waals surface area contributed by atoms with Crippen molar-refractivity contribution < 1.29 is 22.7 Å². The van der Waals surface area contributed by atoms with Gasteiger partial charge in [-0.05, 0) is 99.1 Å². The number of carbonyl (C=O) groups excluding carboxylic acids is 1. The Kier molecular flexibility index (Phi) is 7.55. The number of H-pyrrole nitrogens is 1. The number of amides is 1. The number of carbonyl (C=O) groups is 1.